The summed E-state index contributed by atoms with van der Waals surface area (Å²) >= 11 is 0. The molecule has 0 aliphatic carbocycles. The largest absolute Gasteiger partial charge is 0.270 e. The molecule has 1 aliphatic rings. The van der Waals surface area contributed by atoms with Crippen molar-refractivity contribution in [2.24, 2.45) is 0 Å². The molecule has 0 bridgehead atoms. The van der Waals surface area contributed by atoms with Crippen LogP contribution in [0.15, 0.2) is 29.2 Å². The van der Waals surface area contributed by atoms with Crippen molar-refractivity contribution < 1.29 is 21.8 Å². The van der Waals surface area contributed by atoms with Crippen LogP contribution in [0.25, 0.3) is 0 Å². The van der Waals surface area contributed by atoms with E-state index in [9.17, 15) is 26.9 Å². The van der Waals surface area contributed by atoms with Crippen LogP contribution in [0.1, 0.15) is 25.7 Å². The predicted octanol–water partition coefficient (Wildman–Crippen LogP) is 1.08. The molecule has 1 heterocycles. The summed E-state index contributed by atoms with van der Waals surface area (Å²) in [5, 5.41) is 10.7. The highest BCUT2D eigenvalue weighted by Crippen LogP contribution is 2.17. The standard InChI is InChI=1S/C14H21N3O6S2/c18-17(19)13-6-5-7-14(12-13)25(22,23)15-8-11-24(20,21)16-9-3-1-2-4-10-16/h5-7,12,15H,1-4,8-11H2. The van der Waals surface area contributed by atoms with Crippen LogP contribution in [-0.4, -0.2) is 51.5 Å². The van der Waals surface area contributed by atoms with Crippen LogP contribution < -0.4 is 4.72 Å². The van der Waals surface area contributed by atoms with E-state index in [1.54, 1.807) is 0 Å². The fourth-order valence-electron chi connectivity index (χ4n) is 2.60. The highest BCUT2D eigenvalue weighted by molar-refractivity contribution is 7.90. The van der Waals surface area contributed by atoms with Gasteiger partial charge in [0.25, 0.3) is 5.69 Å². The van der Waals surface area contributed by atoms with Gasteiger partial charge < -0.3 is 0 Å². The van der Waals surface area contributed by atoms with Gasteiger partial charge in [0.05, 0.1) is 15.6 Å². The average molecular weight is 391 g/mol. The van der Waals surface area contributed by atoms with Gasteiger partial charge >= 0.3 is 0 Å². The lowest BCUT2D eigenvalue weighted by Crippen LogP contribution is -2.38. The molecule has 9 nitrogen and oxygen atoms in total. The lowest BCUT2D eigenvalue weighted by molar-refractivity contribution is -0.385. The molecule has 1 aromatic carbocycles. The Morgan fingerprint density at radius 1 is 1.08 bits per heavy atom. The van der Waals surface area contributed by atoms with Crippen LogP contribution in [0.3, 0.4) is 0 Å². The first-order valence-corrected chi connectivity index (χ1v) is 11.0. The lowest BCUT2D eigenvalue weighted by atomic mass is 10.2. The second-order valence-electron chi connectivity index (χ2n) is 5.78. The number of nitro benzene ring substituents is 1. The number of rotatable bonds is 7. The zero-order valence-corrected chi connectivity index (χ0v) is 15.3. The number of sulfonamides is 2. The molecule has 0 saturated carbocycles. The Morgan fingerprint density at radius 2 is 1.72 bits per heavy atom. The van der Waals surface area contributed by atoms with Crippen molar-refractivity contribution in [2.45, 2.75) is 30.6 Å². The Morgan fingerprint density at radius 3 is 2.32 bits per heavy atom. The van der Waals surface area contributed by atoms with E-state index in [-0.39, 0.29) is 22.9 Å². The van der Waals surface area contributed by atoms with Crippen molar-refractivity contribution in [1.29, 1.82) is 0 Å². The molecule has 1 aromatic rings. The number of hydrogen-bond donors (Lipinski definition) is 1. The van der Waals surface area contributed by atoms with Crippen molar-refractivity contribution in [1.82, 2.24) is 9.03 Å². The Bertz CT molecular complexity index is 815. The van der Waals surface area contributed by atoms with Crippen LogP contribution in [0, 0.1) is 10.1 Å². The smallest absolute Gasteiger partial charge is 0.258 e. The molecule has 1 saturated heterocycles. The molecular formula is C14H21N3O6S2. The summed E-state index contributed by atoms with van der Waals surface area (Å²) in [4.78, 5) is 9.77. The molecule has 0 radical (unpaired) electrons. The van der Waals surface area contributed by atoms with E-state index in [4.69, 9.17) is 0 Å². The lowest BCUT2D eigenvalue weighted by Gasteiger charge is -2.19. The fraction of sp³-hybridized carbons (Fsp3) is 0.571. The molecular weight excluding hydrogens is 370 g/mol. The third kappa shape index (κ3) is 5.46. The first kappa shape index (κ1) is 19.8. The minimum atomic E-state index is -4.01. The van der Waals surface area contributed by atoms with E-state index < -0.39 is 25.0 Å². The maximum Gasteiger partial charge on any atom is 0.270 e. The van der Waals surface area contributed by atoms with Crippen molar-refractivity contribution in [2.75, 3.05) is 25.4 Å². The molecule has 25 heavy (non-hydrogen) atoms. The minimum Gasteiger partial charge on any atom is -0.258 e. The number of nitro groups is 1. The topological polar surface area (TPSA) is 127 Å². The van der Waals surface area contributed by atoms with E-state index in [1.807, 2.05) is 0 Å². The van der Waals surface area contributed by atoms with Gasteiger partial charge in [0, 0.05) is 31.8 Å². The number of non-ortho nitro benzene ring substituents is 1. The fourth-order valence-corrected chi connectivity index (χ4v) is 5.23. The van der Waals surface area contributed by atoms with Crippen LogP contribution in [0.4, 0.5) is 5.69 Å². The molecule has 0 unspecified atom stereocenters. The summed E-state index contributed by atoms with van der Waals surface area (Å²) < 4.78 is 52.6. The third-order valence-electron chi connectivity index (χ3n) is 3.95. The molecule has 0 aromatic heterocycles. The summed E-state index contributed by atoms with van der Waals surface area (Å²) in [6.45, 7) is 0.629. The van der Waals surface area contributed by atoms with E-state index in [1.165, 1.54) is 22.5 Å². The van der Waals surface area contributed by atoms with E-state index >= 15 is 0 Å². The summed E-state index contributed by atoms with van der Waals surface area (Å²) in [6.07, 6.45) is 3.59. The van der Waals surface area contributed by atoms with Gasteiger partial charge in [-0.05, 0) is 18.9 Å². The summed E-state index contributed by atoms with van der Waals surface area (Å²) in [5.74, 6) is -0.346. The monoisotopic (exact) mass is 391 g/mol. The summed E-state index contributed by atoms with van der Waals surface area (Å²) in [7, 11) is -7.55. The molecule has 140 valence electrons. The molecule has 2 rings (SSSR count). The average Bonchev–Trinajstić information content (AvgIpc) is 2.84. The Balaban J connectivity index is 2.00. The number of benzene rings is 1. The molecule has 1 aliphatic heterocycles. The second kappa shape index (κ2) is 8.21. The second-order valence-corrected chi connectivity index (χ2v) is 9.64. The van der Waals surface area contributed by atoms with E-state index in [0.717, 1.165) is 31.7 Å². The Hall–Kier alpha value is -1.56. The quantitative estimate of drug-likeness (QED) is 0.547. The Labute approximate surface area is 147 Å². The van der Waals surface area contributed by atoms with Crippen LogP contribution in [0.2, 0.25) is 0 Å². The normalized spacial score (nSPS) is 17.1. The van der Waals surface area contributed by atoms with Crippen molar-refractivity contribution in [3.8, 4) is 0 Å². The molecule has 1 fully saturated rings. The summed E-state index contributed by atoms with van der Waals surface area (Å²) in [5.41, 5.74) is -0.347. The molecule has 0 atom stereocenters. The first-order chi connectivity index (χ1) is 11.7. The van der Waals surface area contributed by atoms with Crippen LogP contribution >= 0.6 is 0 Å². The van der Waals surface area contributed by atoms with Gasteiger partial charge in [-0.2, -0.15) is 0 Å². The van der Waals surface area contributed by atoms with Crippen molar-refractivity contribution in [3.63, 3.8) is 0 Å². The van der Waals surface area contributed by atoms with Gasteiger partial charge in [-0.25, -0.2) is 25.9 Å². The third-order valence-corrected chi connectivity index (χ3v) is 7.28. The zero-order chi connectivity index (χ0) is 18.5. The molecule has 1 N–H and O–H groups in total. The zero-order valence-electron chi connectivity index (χ0n) is 13.6. The predicted molar refractivity (Wildman–Crippen MR) is 92.1 cm³/mol. The van der Waals surface area contributed by atoms with Gasteiger partial charge in [-0.1, -0.05) is 18.9 Å². The highest BCUT2D eigenvalue weighted by Gasteiger charge is 2.24. The molecule has 0 amide bonds. The molecule has 0 spiro atoms. The minimum absolute atomic E-state index is 0.270. The van der Waals surface area contributed by atoms with Gasteiger partial charge in [0.2, 0.25) is 20.0 Å². The maximum atomic E-state index is 12.3. The van der Waals surface area contributed by atoms with Crippen LogP contribution in [-0.2, 0) is 20.0 Å². The van der Waals surface area contributed by atoms with Crippen molar-refractivity contribution >= 4 is 25.7 Å². The van der Waals surface area contributed by atoms with E-state index in [2.05, 4.69) is 4.72 Å². The highest BCUT2D eigenvalue weighted by atomic mass is 32.2. The first-order valence-electron chi connectivity index (χ1n) is 7.94. The maximum absolute atomic E-state index is 12.3. The van der Waals surface area contributed by atoms with Crippen molar-refractivity contribution in [3.05, 3.63) is 34.4 Å². The number of nitrogens with one attached hydrogen (secondary N) is 1. The van der Waals surface area contributed by atoms with E-state index in [0.29, 0.717) is 13.1 Å². The van der Waals surface area contributed by atoms with Gasteiger partial charge in [-0.15, -0.1) is 0 Å². The summed E-state index contributed by atoms with van der Waals surface area (Å²) in [6, 6.07) is 4.60. The number of nitrogens with zero attached hydrogens (tertiary/aromatic N) is 2. The van der Waals surface area contributed by atoms with Gasteiger partial charge in [-0.3, -0.25) is 10.1 Å². The SMILES string of the molecule is O=[N+]([O-])c1cccc(S(=O)(=O)NCCS(=O)(=O)N2CCCCCC2)c1. The Kier molecular flexibility index (Phi) is 6.49. The number of hydrogen-bond acceptors (Lipinski definition) is 6. The van der Waals surface area contributed by atoms with Gasteiger partial charge in [0.15, 0.2) is 0 Å². The van der Waals surface area contributed by atoms with Gasteiger partial charge in [0.1, 0.15) is 0 Å². The van der Waals surface area contributed by atoms with Crippen LogP contribution in [0.5, 0.6) is 0 Å². The molecule has 11 heteroatoms.